The molecule has 0 unspecified atom stereocenters. The molecule has 7 heteroatoms. The molecule has 0 aliphatic carbocycles. The van der Waals surface area contributed by atoms with Crippen LogP contribution in [0.5, 0.6) is 0 Å². The van der Waals surface area contributed by atoms with E-state index in [2.05, 4.69) is 24.4 Å². The molecule has 5 nitrogen and oxygen atoms in total. The van der Waals surface area contributed by atoms with Crippen molar-refractivity contribution >= 4 is 44.5 Å². The van der Waals surface area contributed by atoms with Crippen molar-refractivity contribution in [3.63, 3.8) is 0 Å². The first-order chi connectivity index (χ1) is 12.5. The Labute approximate surface area is 160 Å². The molecule has 1 saturated heterocycles. The number of likely N-dealkylation sites (tertiary alicyclic amines) is 1. The van der Waals surface area contributed by atoms with Crippen LogP contribution in [0.2, 0.25) is 0 Å². The Bertz CT molecular complexity index is 796. The highest BCUT2D eigenvalue weighted by Gasteiger charge is 2.35. The third kappa shape index (κ3) is 5.02. The molecule has 2 atom stereocenters. The number of hydrogen-bond donors (Lipinski definition) is 3. The van der Waals surface area contributed by atoms with Gasteiger partial charge < -0.3 is 15.9 Å². The van der Waals surface area contributed by atoms with E-state index in [0.29, 0.717) is 13.0 Å². The van der Waals surface area contributed by atoms with Gasteiger partial charge in [-0.1, -0.05) is 48.5 Å². The first-order valence-electron chi connectivity index (χ1n) is 8.70. The van der Waals surface area contributed by atoms with Gasteiger partial charge in [-0.3, -0.25) is 9.59 Å². The molecule has 1 radical (unpaired) electrons. The molecular weight excluding hydrogens is 345 g/mol. The second-order valence-electron chi connectivity index (χ2n) is 6.26. The predicted octanol–water partition coefficient (Wildman–Crippen LogP) is -0.235. The molecule has 137 valence electrons. The first-order valence-corrected chi connectivity index (χ1v) is 9.33. The number of nitrogens with two attached hydrogens (primary N) is 1. The van der Waals surface area contributed by atoms with Gasteiger partial charge in [-0.25, -0.2) is 0 Å². The molecule has 0 bridgehead atoms. The molecular formula is C19H25BN3O2S. The summed E-state index contributed by atoms with van der Waals surface area (Å²) in [5.41, 5.74) is 6.63. The Morgan fingerprint density at radius 2 is 2.23 bits per heavy atom. The quantitative estimate of drug-likeness (QED) is 0.478. The lowest BCUT2D eigenvalue weighted by atomic mass is 9.80. The van der Waals surface area contributed by atoms with E-state index < -0.39 is 12.1 Å². The highest BCUT2D eigenvalue weighted by Crippen LogP contribution is 2.18. The van der Waals surface area contributed by atoms with E-state index in [1.165, 1.54) is 0 Å². The lowest BCUT2D eigenvalue weighted by molar-refractivity contribution is -0.138. The number of carbonyl (C=O) groups excluding carboxylic acids is 2. The topological polar surface area (TPSA) is 75.4 Å². The van der Waals surface area contributed by atoms with Gasteiger partial charge in [-0.05, 0) is 30.2 Å². The fourth-order valence-electron chi connectivity index (χ4n) is 2.91. The highest BCUT2D eigenvalue weighted by atomic mass is 32.1. The zero-order valence-electron chi connectivity index (χ0n) is 15.0. The summed E-state index contributed by atoms with van der Waals surface area (Å²) < 4.78 is 0. The standard InChI is InChI=1S/C19H25BN3O2S/c1-3-15(11-14-8-5-4-7-13(14)2)20-22-18(24)17-9-6-10-23(17)19(25)16(21)12-26/h3-5,7-8,11,16-17,26H,2,6,9-10,12,21H2,1H3,(H,22,24)/b14-11-,15-3+/t16-,17+/m1/s1. The molecule has 1 heterocycles. The second-order valence-corrected chi connectivity index (χ2v) is 6.63. The molecule has 0 spiro atoms. The van der Waals surface area contributed by atoms with E-state index in [9.17, 15) is 9.59 Å². The van der Waals surface area contributed by atoms with E-state index in [1.54, 1.807) is 12.3 Å². The van der Waals surface area contributed by atoms with Crippen molar-refractivity contribution in [1.29, 1.82) is 0 Å². The van der Waals surface area contributed by atoms with Gasteiger partial charge in [0.25, 0.3) is 7.41 Å². The van der Waals surface area contributed by atoms with Crippen LogP contribution in [0.1, 0.15) is 19.8 Å². The van der Waals surface area contributed by atoms with E-state index in [-0.39, 0.29) is 17.6 Å². The number of thiol groups is 1. The monoisotopic (exact) mass is 370 g/mol. The number of nitrogens with one attached hydrogen (secondary N) is 1. The normalized spacial score (nSPS) is 19.3. The summed E-state index contributed by atoms with van der Waals surface area (Å²) in [6.45, 7) is 6.45. The third-order valence-electron chi connectivity index (χ3n) is 4.44. The van der Waals surface area contributed by atoms with Gasteiger partial charge in [0, 0.05) is 12.3 Å². The Hall–Kier alpha value is -1.99. The fraction of sp³-hybridized carbons (Fsp3) is 0.368. The number of nitrogens with zero attached hydrogens (tertiary/aromatic N) is 1. The SMILES string of the molecule is C=c1cccc/c1=C/C([B]NC(=O)[C@@H]1CCCN1C(=O)[C@H](N)CS)=C\C. The van der Waals surface area contributed by atoms with Crippen molar-refractivity contribution in [2.24, 2.45) is 5.73 Å². The largest absolute Gasteiger partial charge is 0.397 e. The summed E-state index contributed by atoms with van der Waals surface area (Å²) >= 11 is 4.07. The van der Waals surface area contributed by atoms with Crippen LogP contribution in [0.15, 0.2) is 35.8 Å². The summed E-state index contributed by atoms with van der Waals surface area (Å²) in [4.78, 5) is 26.4. The number of amides is 2. The van der Waals surface area contributed by atoms with Gasteiger partial charge >= 0.3 is 0 Å². The van der Waals surface area contributed by atoms with Crippen molar-refractivity contribution in [2.75, 3.05) is 12.3 Å². The molecule has 1 aliphatic rings. The molecule has 0 aromatic heterocycles. The van der Waals surface area contributed by atoms with Crippen molar-refractivity contribution < 1.29 is 9.59 Å². The Morgan fingerprint density at radius 1 is 1.50 bits per heavy atom. The molecule has 2 amide bonds. The van der Waals surface area contributed by atoms with Crippen LogP contribution in [-0.4, -0.2) is 48.5 Å². The molecule has 1 aromatic carbocycles. The lowest BCUT2D eigenvalue weighted by Gasteiger charge is -2.26. The van der Waals surface area contributed by atoms with Crippen molar-refractivity contribution in [3.05, 3.63) is 46.3 Å². The minimum atomic E-state index is -0.677. The molecule has 0 saturated carbocycles. The predicted molar refractivity (Wildman–Crippen MR) is 110 cm³/mol. The molecule has 26 heavy (non-hydrogen) atoms. The summed E-state index contributed by atoms with van der Waals surface area (Å²) in [5.74, 6) is -0.155. The van der Waals surface area contributed by atoms with E-state index >= 15 is 0 Å². The maximum absolute atomic E-state index is 12.6. The number of rotatable bonds is 6. The zero-order valence-corrected chi connectivity index (χ0v) is 15.9. The summed E-state index contributed by atoms with van der Waals surface area (Å²) in [6, 6.07) is 6.62. The van der Waals surface area contributed by atoms with Crippen LogP contribution in [0.25, 0.3) is 12.7 Å². The van der Waals surface area contributed by atoms with Crippen LogP contribution < -0.4 is 21.4 Å². The van der Waals surface area contributed by atoms with E-state index in [4.69, 9.17) is 5.73 Å². The maximum atomic E-state index is 12.6. The van der Waals surface area contributed by atoms with Crippen molar-refractivity contribution in [3.8, 4) is 0 Å². The van der Waals surface area contributed by atoms with Crippen LogP contribution in [0, 0.1) is 0 Å². The van der Waals surface area contributed by atoms with Crippen molar-refractivity contribution in [1.82, 2.24) is 10.1 Å². The fourth-order valence-corrected chi connectivity index (χ4v) is 3.06. The van der Waals surface area contributed by atoms with E-state index in [0.717, 1.165) is 22.3 Å². The summed E-state index contributed by atoms with van der Waals surface area (Å²) in [5, 5.41) is 4.73. The third-order valence-corrected chi connectivity index (χ3v) is 4.84. The van der Waals surface area contributed by atoms with E-state index in [1.807, 2.05) is 43.3 Å². The van der Waals surface area contributed by atoms with Gasteiger partial charge in [0.2, 0.25) is 11.8 Å². The number of carbonyl (C=O) groups is 2. The zero-order chi connectivity index (χ0) is 19.1. The smallest absolute Gasteiger partial charge is 0.284 e. The van der Waals surface area contributed by atoms with Gasteiger partial charge in [-0.2, -0.15) is 12.6 Å². The summed E-state index contributed by atoms with van der Waals surface area (Å²) in [7, 11) is 1.66. The average Bonchev–Trinajstić information content (AvgIpc) is 3.14. The van der Waals surface area contributed by atoms with Crippen LogP contribution >= 0.6 is 12.6 Å². The number of hydrogen-bond acceptors (Lipinski definition) is 4. The van der Waals surface area contributed by atoms with Gasteiger partial charge in [0.1, 0.15) is 6.04 Å². The lowest BCUT2D eigenvalue weighted by Crippen LogP contribution is -2.52. The maximum Gasteiger partial charge on any atom is 0.284 e. The first kappa shape index (κ1) is 20.3. The Morgan fingerprint density at radius 3 is 2.88 bits per heavy atom. The van der Waals surface area contributed by atoms with Crippen LogP contribution in [0.3, 0.4) is 0 Å². The van der Waals surface area contributed by atoms with Crippen molar-refractivity contribution in [2.45, 2.75) is 31.8 Å². The average molecular weight is 370 g/mol. The number of allylic oxidation sites excluding steroid dienone is 2. The molecule has 2 rings (SSSR count). The Kier molecular flexibility index (Phi) is 7.54. The minimum absolute atomic E-state index is 0.196. The van der Waals surface area contributed by atoms with Gasteiger partial charge in [0.15, 0.2) is 0 Å². The van der Waals surface area contributed by atoms with Crippen LogP contribution in [-0.2, 0) is 9.59 Å². The highest BCUT2D eigenvalue weighted by molar-refractivity contribution is 7.80. The molecule has 1 aromatic rings. The second kappa shape index (κ2) is 9.64. The summed E-state index contributed by atoms with van der Waals surface area (Å²) in [6.07, 6.45) is 5.29. The molecule has 3 N–H and O–H groups in total. The Balaban J connectivity index is 2.03. The van der Waals surface area contributed by atoms with Crippen LogP contribution in [0.4, 0.5) is 0 Å². The molecule has 1 aliphatic heterocycles. The van der Waals surface area contributed by atoms with Gasteiger partial charge in [-0.15, -0.1) is 0 Å². The molecule has 1 fully saturated rings. The van der Waals surface area contributed by atoms with Gasteiger partial charge in [0.05, 0.1) is 6.04 Å². The minimum Gasteiger partial charge on any atom is -0.397 e. The number of benzene rings is 1.